The fraction of sp³-hybridized carbons (Fsp3) is 0.625. The highest BCUT2D eigenvalue weighted by atomic mass is 19.1. The zero-order chi connectivity index (χ0) is 14.7. The van der Waals surface area contributed by atoms with E-state index >= 15 is 0 Å². The summed E-state index contributed by atoms with van der Waals surface area (Å²) in [5, 5.41) is 3.10. The van der Waals surface area contributed by atoms with Crippen molar-refractivity contribution in [3.05, 3.63) is 29.3 Å². The van der Waals surface area contributed by atoms with Gasteiger partial charge in [-0.25, -0.2) is 8.78 Å². The number of benzene rings is 1. The molecular formula is C16H23F2NO. The molecule has 0 amide bonds. The van der Waals surface area contributed by atoms with Crippen LogP contribution in [0.25, 0.3) is 0 Å². The Kier molecular flexibility index (Phi) is 4.97. The minimum atomic E-state index is -0.528. The predicted octanol–water partition coefficient (Wildman–Crippen LogP) is 4.06. The first kappa shape index (κ1) is 15.2. The smallest absolute Gasteiger partial charge is 0.134 e. The largest absolute Gasteiger partial charge is 0.497 e. The lowest BCUT2D eigenvalue weighted by molar-refractivity contribution is 0.231. The van der Waals surface area contributed by atoms with Crippen molar-refractivity contribution in [2.75, 3.05) is 14.2 Å². The van der Waals surface area contributed by atoms with Crippen LogP contribution in [0.3, 0.4) is 0 Å². The van der Waals surface area contributed by atoms with Crippen molar-refractivity contribution < 1.29 is 13.5 Å². The topological polar surface area (TPSA) is 21.3 Å². The summed E-state index contributed by atoms with van der Waals surface area (Å²) in [5.41, 5.74) is 0.146. The van der Waals surface area contributed by atoms with Gasteiger partial charge in [0.2, 0.25) is 0 Å². The van der Waals surface area contributed by atoms with Crippen molar-refractivity contribution in [2.24, 2.45) is 11.8 Å². The average Bonchev–Trinajstić information content (AvgIpc) is 2.43. The molecule has 1 saturated carbocycles. The average molecular weight is 283 g/mol. The van der Waals surface area contributed by atoms with Gasteiger partial charge in [0.15, 0.2) is 0 Å². The van der Waals surface area contributed by atoms with Gasteiger partial charge in [0.05, 0.1) is 7.11 Å². The van der Waals surface area contributed by atoms with Gasteiger partial charge < -0.3 is 10.1 Å². The Labute approximate surface area is 119 Å². The molecule has 0 aromatic heterocycles. The molecule has 1 unspecified atom stereocenters. The Hall–Kier alpha value is -1.16. The highest BCUT2D eigenvalue weighted by Gasteiger charge is 2.30. The summed E-state index contributed by atoms with van der Waals surface area (Å²) in [7, 11) is 3.18. The molecular weight excluding hydrogens is 260 g/mol. The molecule has 1 N–H and O–H groups in total. The molecule has 1 aromatic carbocycles. The molecule has 0 radical (unpaired) electrons. The minimum absolute atomic E-state index is 0.146. The molecule has 1 aliphatic rings. The predicted molar refractivity (Wildman–Crippen MR) is 75.8 cm³/mol. The molecule has 1 aromatic rings. The van der Waals surface area contributed by atoms with Gasteiger partial charge in [0.1, 0.15) is 17.4 Å². The molecule has 0 heterocycles. The maximum Gasteiger partial charge on any atom is 0.134 e. The maximum atomic E-state index is 14.2. The summed E-state index contributed by atoms with van der Waals surface area (Å²) in [4.78, 5) is 0. The van der Waals surface area contributed by atoms with Crippen LogP contribution in [0, 0.1) is 23.5 Å². The van der Waals surface area contributed by atoms with Gasteiger partial charge in [-0.15, -0.1) is 0 Å². The standard InChI is InChI=1S/C16H23F2NO/c1-10-4-6-11(7-5-10)16(19-2)15-13(17)8-12(20-3)9-14(15)18/h8-11,16,19H,4-7H2,1-3H3. The van der Waals surface area contributed by atoms with E-state index in [1.165, 1.54) is 19.2 Å². The molecule has 0 bridgehead atoms. The lowest BCUT2D eigenvalue weighted by atomic mass is 9.77. The van der Waals surface area contributed by atoms with Crippen LogP contribution in [0.15, 0.2) is 12.1 Å². The van der Waals surface area contributed by atoms with E-state index in [-0.39, 0.29) is 23.3 Å². The van der Waals surface area contributed by atoms with Crippen LogP contribution in [0.1, 0.15) is 44.2 Å². The highest BCUT2D eigenvalue weighted by molar-refractivity contribution is 5.33. The molecule has 2 rings (SSSR count). The maximum absolute atomic E-state index is 14.2. The molecule has 1 fully saturated rings. The normalized spacial score (nSPS) is 24.4. The van der Waals surface area contributed by atoms with Crippen molar-refractivity contribution in [3.63, 3.8) is 0 Å². The van der Waals surface area contributed by atoms with E-state index in [4.69, 9.17) is 4.74 Å². The van der Waals surface area contributed by atoms with Crippen LogP contribution >= 0.6 is 0 Å². The SMILES string of the molecule is CNC(c1c(F)cc(OC)cc1F)C1CCC(C)CC1. The van der Waals surface area contributed by atoms with Crippen LogP contribution in [-0.2, 0) is 0 Å². The molecule has 1 aliphatic carbocycles. The monoisotopic (exact) mass is 283 g/mol. The number of methoxy groups -OCH3 is 1. The van der Waals surface area contributed by atoms with Gasteiger partial charge in [0.25, 0.3) is 0 Å². The Bertz CT molecular complexity index is 433. The van der Waals surface area contributed by atoms with Crippen LogP contribution in [0.2, 0.25) is 0 Å². The Balaban J connectivity index is 2.27. The van der Waals surface area contributed by atoms with Crippen LogP contribution in [0.4, 0.5) is 8.78 Å². The number of nitrogens with one attached hydrogen (secondary N) is 1. The van der Waals surface area contributed by atoms with Crippen molar-refractivity contribution in [1.29, 1.82) is 0 Å². The zero-order valence-corrected chi connectivity index (χ0v) is 12.4. The van der Waals surface area contributed by atoms with E-state index in [1.54, 1.807) is 7.05 Å². The van der Waals surface area contributed by atoms with Crippen LogP contribution in [0.5, 0.6) is 5.75 Å². The molecule has 0 aliphatic heterocycles. The van der Waals surface area contributed by atoms with Gasteiger partial charge in [-0.3, -0.25) is 0 Å². The van der Waals surface area contributed by atoms with Gasteiger partial charge in [0, 0.05) is 23.7 Å². The Morgan fingerprint density at radius 3 is 2.15 bits per heavy atom. The molecule has 20 heavy (non-hydrogen) atoms. The van der Waals surface area contributed by atoms with E-state index in [2.05, 4.69) is 12.2 Å². The van der Waals surface area contributed by atoms with Gasteiger partial charge in [-0.2, -0.15) is 0 Å². The highest BCUT2D eigenvalue weighted by Crippen LogP contribution is 2.38. The number of hydrogen-bond donors (Lipinski definition) is 1. The van der Waals surface area contributed by atoms with Gasteiger partial charge >= 0.3 is 0 Å². The van der Waals surface area contributed by atoms with Crippen LogP contribution < -0.4 is 10.1 Å². The van der Waals surface area contributed by atoms with Crippen molar-refractivity contribution in [3.8, 4) is 5.75 Å². The fourth-order valence-electron chi connectivity index (χ4n) is 3.21. The van der Waals surface area contributed by atoms with Crippen LogP contribution in [-0.4, -0.2) is 14.2 Å². The molecule has 0 spiro atoms. The summed E-state index contributed by atoms with van der Waals surface area (Å²) in [6, 6.07) is 2.25. The molecule has 112 valence electrons. The second-order valence-corrected chi connectivity index (χ2v) is 5.79. The Morgan fingerprint density at radius 2 is 1.70 bits per heavy atom. The van der Waals surface area contributed by atoms with E-state index in [1.807, 2.05) is 0 Å². The van der Waals surface area contributed by atoms with E-state index in [9.17, 15) is 8.78 Å². The summed E-state index contributed by atoms with van der Waals surface area (Å²) < 4.78 is 33.3. The molecule has 0 saturated heterocycles. The first-order valence-corrected chi connectivity index (χ1v) is 7.27. The van der Waals surface area contributed by atoms with E-state index < -0.39 is 11.6 Å². The number of halogens is 2. The third-order valence-electron chi connectivity index (χ3n) is 4.44. The first-order valence-electron chi connectivity index (χ1n) is 7.27. The number of hydrogen-bond acceptors (Lipinski definition) is 2. The molecule has 1 atom stereocenters. The lowest BCUT2D eigenvalue weighted by Crippen LogP contribution is -2.30. The van der Waals surface area contributed by atoms with Crippen molar-refractivity contribution in [1.82, 2.24) is 5.32 Å². The second kappa shape index (κ2) is 6.53. The third kappa shape index (κ3) is 3.11. The minimum Gasteiger partial charge on any atom is -0.497 e. The summed E-state index contributed by atoms with van der Waals surface area (Å²) in [6.07, 6.45) is 4.28. The second-order valence-electron chi connectivity index (χ2n) is 5.79. The van der Waals surface area contributed by atoms with Gasteiger partial charge in [-0.1, -0.05) is 19.8 Å². The van der Waals surface area contributed by atoms with Gasteiger partial charge in [-0.05, 0) is 31.7 Å². The fourth-order valence-corrected chi connectivity index (χ4v) is 3.21. The van der Waals surface area contributed by atoms with E-state index in [0.29, 0.717) is 5.92 Å². The quantitative estimate of drug-likeness (QED) is 0.899. The van der Waals surface area contributed by atoms with Crippen molar-refractivity contribution >= 4 is 0 Å². The molecule has 4 heteroatoms. The summed E-state index contributed by atoms with van der Waals surface area (Å²) >= 11 is 0. The third-order valence-corrected chi connectivity index (χ3v) is 4.44. The first-order chi connectivity index (χ1) is 9.56. The number of ether oxygens (including phenoxy) is 1. The molecule has 2 nitrogen and oxygen atoms in total. The zero-order valence-electron chi connectivity index (χ0n) is 12.4. The summed E-state index contributed by atoms with van der Waals surface area (Å²) in [5.74, 6) is 0.165. The van der Waals surface area contributed by atoms with Crippen molar-refractivity contribution in [2.45, 2.75) is 38.6 Å². The Morgan fingerprint density at radius 1 is 1.15 bits per heavy atom. The van der Waals surface area contributed by atoms with E-state index in [0.717, 1.165) is 25.7 Å². The lowest BCUT2D eigenvalue weighted by Gasteiger charge is -2.33. The summed E-state index contributed by atoms with van der Waals surface area (Å²) in [6.45, 7) is 2.24. The number of rotatable bonds is 4.